The average molecular weight is 300 g/mol. The van der Waals surface area contributed by atoms with E-state index < -0.39 is 16.6 Å². The molecule has 2 fully saturated rings. The molecule has 0 bridgehead atoms. The van der Waals surface area contributed by atoms with Gasteiger partial charge in [-0.05, 0) is 57.9 Å². The van der Waals surface area contributed by atoms with Crippen LogP contribution in [0.1, 0.15) is 25.7 Å². The molecular formula is C14H29NO2Si2. The molecule has 5 heteroatoms. The van der Waals surface area contributed by atoms with Crippen molar-refractivity contribution in [3.8, 4) is 0 Å². The number of carbonyl (C=O) groups excluding carboxylic acids is 1. The minimum absolute atomic E-state index is 0.0836. The molecule has 1 aliphatic carbocycles. The van der Waals surface area contributed by atoms with Crippen LogP contribution in [0.2, 0.25) is 38.8 Å². The summed E-state index contributed by atoms with van der Waals surface area (Å²) in [6.07, 6.45) is 4.64. The van der Waals surface area contributed by atoms with Crippen LogP contribution in [-0.2, 0) is 9.22 Å². The number of nitrogens with zero attached hydrogens (tertiary/aromatic N) is 1. The second kappa shape index (κ2) is 5.33. The number of hydrogen-bond acceptors (Lipinski definition) is 3. The van der Waals surface area contributed by atoms with E-state index in [4.69, 9.17) is 4.43 Å². The molecule has 0 radical (unpaired) electrons. The Kier molecular flexibility index (Phi) is 4.28. The molecule has 2 aliphatic rings. The maximum atomic E-state index is 12.2. The highest BCUT2D eigenvalue weighted by molar-refractivity contribution is 6.75. The van der Waals surface area contributed by atoms with Crippen LogP contribution < -0.4 is 0 Å². The number of hydrogen-bond donors (Lipinski definition) is 0. The summed E-state index contributed by atoms with van der Waals surface area (Å²) >= 11 is 0. The highest BCUT2D eigenvalue weighted by atomic mass is 28.4. The first kappa shape index (κ1) is 15.3. The van der Waals surface area contributed by atoms with Crippen molar-refractivity contribution in [2.24, 2.45) is 5.92 Å². The summed E-state index contributed by atoms with van der Waals surface area (Å²) in [4.78, 5) is 12.2. The van der Waals surface area contributed by atoms with Gasteiger partial charge in [-0.3, -0.25) is 4.79 Å². The summed E-state index contributed by atoms with van der Waals surface area (Å²) in [6.45, 7) is 12.5. The molecule has 0 amide bonds. The topological polar surface area (TPSA) is 29.5 Å². The Morgan fingerprint density at radius 1 is 1.26 bits per heavy atom. The van der Waals surface area contributed by atoms with Gasteiger partial charge in [0.25, 0.3) is 5.97 Å². The van der Waals surface area contributed by atoms with Gasteiger partial charge in [0.1, 0.15) is 8.24 Å². The molecule has 1 heterocycles. The van der Waals surface area contributed by atoms with Gasteiger partial charge in [-0.15, -0.1) is 0 Å². The molecule has 0 aromatic heterocycles. The van der Waals surface area contributed by atoms with Gasteiger partial charge in [0, 0.05) is 6.04 Å². The van der Waals surface area contributed by atoms with Crippen molar-refractivity contribution in [2.45, 2.75) is 70.5 Å². The summed E-state index contributed by atoms with van der Waals surface area (Å²) in [5.74, 6) is 0.252. The predicted molar refractivity (Wildman–Crippen MR) is 84.2 cm³/mol. The summed E-state index contributed by atoms with van der Waals surface area (Å²) < 4.78 is 8.45. The Morgan fingerprint density at radius 2 is 1.95 bits per heavy atom. The largest absolute Gasteiger partial charge is 0.520 e. The maximum absolute atomic E-state index is 12.2. The molecule has 1 saturated heterocycles. The van der Waals surface area contributed by atoms with E-state index in [9.17, 15) is 4.79 Å². The molecule has 1 saturated carbocycles. The van der Waals surface area contributed by atoms with Crippen LogP contribution in [0.15, 0.2) is 0 Å². The van der Waals surface area contributed by atoms with E-state index in [-0.39, 0.29) is 11.9 Å². The van der Waals surface area contributed by atoms with Crippen molar-refractivity contribution < 1.29 is 9.22 Å². The van der Waals surface area contributed by atoms with Gasteiger partial charge in [0.2, 0.25) is 8.32 Å². The minimum atomic E-state index is -1.72. The highest BCUT2D eigenvalue weighted by Crippen LogP contribution is 2.37. The molecule has 2 unspecified atom stereocenters. The summed E-state index contributed by atoms with van der Waals surface area (Å²) in [5, 5.41) is 0. The first-order valence-electron chi connectivity index (χ1n) is 7.69. The molecular weight excluding hydrogens is 270 g/mol. The van der Waals surface area contributed by atoms with Gasteiger partial charge in [0.05, 0.1) is 5.92 Å². The second-order valence-corrected chi connectivity index (χ2v) is 16.9. The molecule has 2 rings (SSSR count). The molecule has 0 N–H and O–H groups in total. The Hall–Kier alpha value is -0.136. The summed E-state index contributed by atoms with van der Waals surface area (Å²) in [6, 6.07) is 2.08. The van der Waals surface area contributed by atoms with E-state index in [0.717, 1.165) is 12.8 Å². The van der Waals surface area contributed by atoms with Gasteiger partial charge in [0.15, 0.2) is 0 Å². The molecule has 3 nitrogen and oxygen atoms in total. The Balaban J connectivity index is 1.91. The molecule has 0 aromatic rings. The van der Waals surface area contributed by atoms with Gasteiger partial charge < -0.3 is 8.99 Å². The van der Waals surface area contributed by atoms with E-state index in [1.54, 1.807) is 0 Å². The SMILES string of the molecule is C[Si](C)(C)OC(=O)C1CCC(N2CCC[Si]2(C)C)C1. The van der Waals surface area contributed by atoms with Gasteiger partial charge in [-0.1, -0.05) is 13.1 Å². The lowest BCUT2D eigenvalue weighted by atomic mass is 10.1. The van der Waals surface area contributed by atoms with E-state index in [0.29, 0.717) is 6.04 Å². The van der Waals surface area contributed by atoms with Crippen LogP contribution in [0.25, 0.3) is 0 Å². The maximum Gasteiger partial charge on any atom is 0.295 e. The molecule has 1 aliphatic heterocycles. The number of rotatable bonds is 3. The fourth-order valence-corrected chi connectivity index (χ4v) is 7.71. The number of carbonyl (C=O) groups is 1. The average Bonchev–Trinajstić information content (AvgIpc) is 2.80. The first-order valence-corrected chi connectivity index (χ1v) is 14.2. The Labute approximate surface area is 119 Å². The predicted octanol–water partition coefficient (Wildman–Crippen LogP) is 3.44. The molecule has 110 valence electrons. The lowest BCUT2D eigenvalue weighted by Crippen LogP contribution is -2.48. The normalized spacial score (nSPS) is 31.6. The van der Waals surface area contributed by atoms with Crippen LogP contribution in [0.3, 0.4) is 0 Å². The summed E-state index contributed by atoms with van der Waals surface area (Å²) in [7, 11) is -2.88. The molecule has 2 atom stereocenters. The standard InChI is InChI=1S/C14H29NO2Si2/c1-18(2,3)17-14(16)12-7-8-13(11-12)15-9-6-10-19(15,4)5/h12-13H,6-11H2,1-5H3. The van der Waals surface area contributed by atoms with Crippen LogP contribution in [0, 0.1) is 5.92 Å². The van der Waals surface area contributed by atoms with Gasteiger partial charge in [-0.2, -0.15) is 0 Å². The summed E-state index contributed by atoms with van der Waals surface area (Å²) in [5.41, 5.74) is 0. The van der Waals surface area contributed by atoms with Crippen molar-refractivity contribution in [3.05, 3.63) is 0 Å². The fourth-order valence-electron chi connectivity index (χ4n) is 3.65. The Bertz CT molecular complexity index is 352. The van der Waals surface area contributed by atoms with E-state index in [2.05, 4.69) is 37.3 Å². The quantitative estimate of drug-likeness (QED) is 0.748. The van der Waals surface area contributed by atoms with Crippen LogP contribution in [0.4, 0.5) is 0 Å². The molecule has 19 heavy (non-hydrogen) atoms. The van der Waals surface area contributed by atoms with Crippen LogP contribution >= 0.6 is 0 Å². The van der Waals surface area contributed by atoms with Crippen LogP contribution in [-0.4, -0.2) is 39.7 Å². The Morgan fingerprint density at radius 3 is 2.47 bits per heavy atom. The monoisotopic (exact) mass is 299 g/mol. The molecule has 0 spiro atoms. The highest BCUT2D eigenvalue weighted by Gasteiger charge is 2.43. The smallest absolute Gasteiger partial charge is 0.295 e. The van der Waals surface area contributed by atoms with E-state index >= 15 is 0 Å². The van der Waals surface area contributed by atoms with E-state index in [1.165, 1.54) is 25.4 Å². The first-order chi connectivity index (χ1) is 8.69. The molecule has 0 aromatic carbocycles. The lowest BCUT2D eigenvalue weighted by molar-refractivity contribution is -0.139. The zero-order valence-corrected chi connectivity index (χ0v) is 15.2. The van der Waals surface area contributed by atoms with Crippen LogP contribution in [0.5, 0.6) is 0 Å². The zero-order chi connectivity index (χ0) is 14.3. The lowest BCUT2D eigenvalue weighted by Gasteiger charge is -2.35. The van der Waals surface area contributed by atoms with Crippen molar-refractivity contribution >= 4 is 22.5 Å². The minimum Gasteiger partial charge on any atom is -0.520 e. The van der Waals surface area contributed by atoms with Crippen molar-refractivity contribution in [1.82, 2.24) is 4.57 Å². The van der Waals surface area contributed by atoms with Gasteiger partial charge >= 0.3 is 0 Å². The third-order valence-electron chi connectivity index (χ3n) is 4.55. The second-order valence-electron chi connectivity index (χ2n) is 7.81. The fraction of sp³-hybridized carbons (Fsp3) is 0.929. The van der Waals surface area contributed by atoms with Crippen molar-refractivity contribution in [3.63, 3.8) is 0 Å². The van der Waals surface area contributed by atoms with E-state index in [1.807, 2.05) is 0 Å². The van der Waals surface area contributed by atoms with Crippen molar-refractivity contribution in [1.29, 1.82) is 0 Å². The van der Waals surface area contributed by atoms with Crippen molar-refractivity contribution in [2.75, 3.05) is 6.54 Å². The third kappa shape index (κ3) is 3.70. The van der Waals surface area contributed by atoms with Gasteiger partial charge in [-0.25, -0.2) is 0 Å². The zero-order valence-electron chi connectivity index (χ0n) is 13.2. The third-order valence-corrected chi connectivity index (χ3v) is 9.09.